The molecule has 2 aliphatic rings. The van der Waals surface area contributed by atoms with Crippen LogP contribution in [0.4, 0.5) is 22.1 Å². The third-order valence-electron chi connectivity index (χ3n) is 5.90. The first-order chi connectivity index (χ1) is 17.6. The highest BCUT2D eigenvalue weighted by Crippen LogP contribution is 2.28. The Morgan fingerprint density at radius 1 is 0.944 bits per heavy atom. The van der Waals surface area contributed by atoms with Crippen molar-refractivity contribution in [1.82, 2.24) is 25.2 Å². The van der Waals surface area contributed by atoms with E-state index < -0.39 is 11.9 Å². The first-order valence-electron chi connectivity index (χ1n) is 11.7. The summed E-state index contributed by atoms with van der Waals surface area (Å²) in [6.07, 6.45) is 9.57. The van der Waals surface area contributed by atoms with Crippen molar-refractivity contribution in [3.05, 3.63) is 89.2 Å². The number of benzene rings is 2. The predicted molar refractivity (Wildman–Crippen MR) is 139 cm³/mol. The van der Waals surface area contributed by atoms with Crippen molar-refractivity contribution in [1.29, 1.82) is 0 Å². The zero-order valence-corrected chi connectivity index (χ0v) is 19.2. The smallest absolute Gasteiger partial charge is 0.326 e. The number of anilines is 3. The van der Waals surface area contributed by atoms with Crippen molar-refractivity contribution < 1.29 is 9.59 Å². The van der Waals surface area contributed by atoms with Gasteiger partial charge in [0.25, 0.3) is 5.91 Å². The Bertz CT molecular complexity index is 1520. The van der Waals surface area contributed by atoms with Gasteiger partial charge in [-0.1, -0.05) is 54.6 Å². The number of nitrogens with zero attached hydrogens (tertiary/aromatic N) is 3. The van der Waals surface area contributed by atoms with Gasteiger partial charge >= 0.3 is 6.03 Å². The lowest BCUT2D eigenvalue weighted by Gasteiger charge is -2.12. The average molecular weight is 478 g/mol. The minimum atomic E-state index is -0.545. The van der Waals surface area contributed by atoms with Gasteiger partial charge in [0.05, 0.1) is 6.20 Å². The summed E-state index contributed by atoms with van der Waals surface area (Å²) >= 11 is 0. The van der Waals surface area contributed by atoms with Crippen LogP contribution in [-0.2, 0) is 4.79 Å². The number of aromatic nitrogens is 3. The van der Waals surface area contributed by atoms with Crippen LogP contribution >= 0.6 is 0 Å². The Morgan fingerprint density at radius 2 is 1.69 bits per heavy atom. The van der Waals surface area contributed by atoms with E-state index in [1.807, 2.05) is 48.5 Å². The topological polar surface area (TPSA) is 112 Å². The number of imide groups is 1. The van der Waals surface area contributed by atoms with Crippen LogP contribution in [-0.4, -0.2) is 32.6 Å². The molecule has 9 nitrogen and oxygen atoms in total. The Hall–Kier alpha value is -4.92. The SMILES string of the molecule is O=C1NC(=O)/C(=C/c2cnn3c(NC4CC4)cc(Nc4ccc(/C=C/c5ccccc5)cc4)nc23)N1. The normalized spacial score (nSPS) is 16.5. The van der Waals surface area contributed by atoms with E-state index in [2.05, 4.69) is 50.7 Å². The van der Waals surface area contributed by atoms with Gasteiger partial charge in [-0.3, -0.25) is 10.1 Å². The van der Waals surface area contributed by atoms with Crippen LogP contribution in [0.15, 0.2) is 72.6 Å². The van der Waals surface area contributed by atoms with Gasteiger partial charge in [-0.2, -0.15) is 9.61 Å². The number of amides is 3. The second-order valence-corrected chi connectivity index (χ2v) is 8.74. The van der Waals surface area contributed by atoms with Crippen LogP contribution in [0.2, 0.25) is 0 Å². The monoisotopic (exact) mass is 477 g/mol. The fraction of sp³-hybridized carbons (Fsp3) is 0.111. The van der Waals surface area contributed by atoms with Crippen molar-refractivity contribution in [3.63, 3.8) is 0 Å². The van der Waals surface area contributed by atoms with Gasteiger partial charge in [0.1, 0.15) is 17.3 Å². The molecule has 2 fully saturated rings. The minimum absolute atomic E-state index is 0.158. The molecule has 0 bridgehead atoms. The van der Waals surface area contributed by atoms with Gasteiger partial charge in [0.15, 0.2) is 5.65 Å². The number of hydrogen-bond acceptors (Lipinski definition) is 6. The lowest BCUT2D eigenvalue weighted by atomic mass is 10.1. The van der Waals surface area contributed by atoms with Gasteiger partial charge in [0, 0.05) is 23.4 Å². The molecule has 3 amide bonds. The maximum Gasteiger partial charge on any atom is 0.326 e. The van der Waals surface area contributed by atoms with Crippen molar-refractivity contribution in [2.24, 2.45) is 0 Å². The Labute approximate surface area is 206 Å². The van der Waals surface area contributed by atoms with Crippen LogP contribution in [0, 0.1) is 0 Å². The molecule has 2 aromatic carbocycles. The summed E-state index contributed by atoms with van der Waals surface area (Å²) in [4.78, 5) is 28.2. The molecule has 1 aliphatic carbocycles. The number of hydrogen-bond donors (Lipinski definition) is 4. The van der Waals surface area contributed by atoms with E-state index >= 15 is 0 Å². The number of carbonyl (C=O) groups is 2. The number of urea groups is 1. The quantitative estimate of drug-likeness (QED) is 0.178. The molecule has 0 radical (unpaired) electrons. The molecule has 1 saturated carbocycles. The van der Waals surface area contributed by atoms with Crippen LogP contribution in [0.25, 0.3) is 23.9 Å². The predicted octanol–water partition coefficient (Wildman–Crippen LogP) is 4.40. The maximum absolute atomic E-state index is 12.0. The number of rotatable bonds is 7. The highest BCUT2D eigenvalue weighted by Gasteiger charge is 2.25. The van der Waals surface area contributed by atoms with Gasteiger partial charge in [-0.25, -0.2) is 9.78 Å². The number of fused-ring (bicyclic) bond motifs is 1. The van der Waals surface area contributed by atoms with E-state index in [1.54, 1.807) is 16.8 Å². The average Bonchev–Trinajstić information content (AvgIpc) is 3.52. The van der Waals surface area contributed by atoms with Crippen molar-refractivity contribution >= 4 is 53.1 Å². The van der Waals surface area contributed by atoms with E-state index in [-0.39, 0.29) is 5.70 Å². The van der Waals surface area contributed by atoms with Gasteiger partial charge in [-0.05, 0) is 42.2 Å². The molecule has 3 heterocycles. The Morgan fingerprint density at radius 3 is 2.39 bits per heavy atom. The largest absolute Gasteiger partial charge is 0.367 e. The fourth-order valence-electron chi connectivity index (χ4n) is 3.91. The molecule has 4 aromatic rings. The molecule has 1 saturated heterocycles. The molecule has 178 valence electrons. The minimum Gasteiger partial charge on any atom is -0.367 e. The number of carbonyl (C=O) groups excluding carboxylic acids is 2. The van der Waals surface area contributed by atoms with Crippen LogP contribution < -0.4 is 21.3 Å². The summed E-state index contributed by atoms with van der Waals surface area (Å²) < 4.78 is 1.71. The summed E-state index contributed by atoms with van der Waals surface area (Å²) in [5.74, 6) is 0.960. The molecular formula is C27H23N7O2. The Balaban J connectivity index is 1.28. The summed E-state index contributed by atoms with van der Waals surface area (Å²) in [7, 11) is 0. The van der Waals surface area contributed by atoms with Crippen LogP contribution in [0.1, 0.15) is 29.5 Å². The van der Waals surface area contributed by atoms with Crippen molar-refractivity contribution in [2.75, 3.05) is 10.6 Å². The van der Waals surface area contributed by atoms with Crippen LogP contribution in [0.3, 0.4) is 0 Å². The summed E-state index contributed by atoms with van der Waals surface area (Å²) in [5, 5.41) is 16.0. The Kier molecular flexibility index (Phi) is 5.42. The molecule has 9 heteroatoms. The molecule has 6 rings (SSSR count). The molecule has 4 N–H and O–H groups in total. The maximum atomic E-state index is 12.0. The summed E-state index contributed by atoms with van der Waals surface area (Å²) in [6.45, 7) is 0. The molecule has 0 unspecified atom stereocenters. The van der Waals surface area contributed by atoms with Crippen molar-refractivity contribution in [2.45, 2.75) is 18.9 Å². The van der Waals surface area contributed by atoms with E-state index in [4.69, 9.17) is 4.98 Å². The third-order valence-corrected chi connectivity index (χ3v) is 5.90. The molecule has 0 atom stereocenters. The summed E-state index contributed by atoms with van der Waals surface area (Å²) in [6, 6.07) is 20.0. The lowest BCUT2D eigenvalue weighted by molar-refractivity contribution is -0.115. The fourth-order valence-corrected chi connectivity index (χ4v) is 3.91. The molecular weight excluding hydrogens is 454 g/mol. The van der Waals surface area contributed by atoms with Gasteiger partial charge in [-0.15, -0.1) is 0 Å². The standard InChI is InChI=1S/C27H23N7O2/c35-26-22(31-27(36)33-26)14-19-16-28-34-24(30-21-12-13-21)15-23(32-25(19)34)29-20-10-8-18(9-11-20)7-6-17-4-2-1-3-5-17/h1-11,14-16,21,30H,12-13H2,(H,29,32)(H2,31,33,35,36)/b7-6+,22-14-. The zero-order valence-electron chi connectivity index (χ0n) is 19.2. The number of nitrogens with one attached hydrogen (secondary N) is 4. The lowest BCUT2D eigenvalue weighted by Crippen LogP contribution is -2.22. The van der Waals surface area contributed by atoms with Crippen molar-refractivity contribution in [3.8, 4) is 0 Å². The molecule has 0 spiro atoms. The van der Waals surface area contributed by atoms with Gasteiger partial charge < -0.3 is 16.0 Å². The van der Waals surface area contributed by atoms with E-state index in [0.717, 1.165) is 35.5 Å². The zero-order chi connectivity index (χ0) is 24.5. The summed E-state index contributed by atoms with van der Waals surface area (Å²) in [5.41, 5.74) is 4.46. The van der Waals surface area contributed by atoms with E-state index in [1.165, 1.54) is 0 Å². The van der Waals surface area contributed by atoms with E-state index in [0.29, 0.717) is 23.1 Å². The first-order valence-corrected chi connectivity index (χ1v) is 11.7. The highest BCUT2D eigenvalue weighted by molar-refractivity contribution is 6.14. The second-order valence-electron chi connectivity index (χ2n) is 8.74. The van der Waals surface area contributed by atoms with Gasteiger partial charge in [0.2, 0.25) is 0 Å². The third kappa shape index (κ3) is 4.67. The molecule has 36 heavy (non-hydrogen) atoms. The molecule has 2 aromatic heterocycles. The first kappa shape index (κ1) is 21.6. The second kappa shape index (κ2) is 9.03. The highest BCUT2D eigenvalue weighted by atomic mass is 16.2. The molecule has 1 aliphatic heterocycles. The van der Waals surface area contributed by atoms with E-state index in [9.17, 15) is 9.59 Å². The van der Waals surface area contributed by atoms with Crippen LogP contribution in [0.5, 0.6) is 0 Å².